The Morgan fingerprint density at radius 2 is 1.00 bits per heavy atom. The summed E-state index contributed by atoms with van der Waals surface area (Å²) in [6.07, 6.45) is 0. The number of hydrogen-bond donors (Lipinski definition) is 0. The summed E-state index contributed by atoms with van der Waals surface area (Å²) in [6.45, 7) is 6.50. The molecule has 0 N–H and O–H groups in total. The molecule has 0 aliphatic carbocycles. The Morgan fingerprint density at radius 3 is 1.00 bits per heavy atom. The van der Waals surface area contributed by atoms with Crippen LogP contribution in [0.4, 0.5) is 0 Å². The lowest BCUT2D eigenvalue weighted by Crippen LogP contribution is -1.66. The van der Waals surface area contributed by atoms with Gasteiger partial charge in [-0.05, 0) is 5.92 Å². The molecule has 0 heteroatoms. The van der Waals surface area contributed by atoms with E-state index in [0.717, 1.165) is 5.92 Å². The lowest BCUT2D eigenvalue weighted by molar-refractivity contribution is 0.737. The van der Waals surface area contributed by atoms with Crippen LogP contribution in [0.25, 0.3) is 0 Å². The molecule has 0 aromatic carbocycles. The van der Waals surface area contributed by atoms with Gasteiger partial charge in [-0.3, -0.25) is 0 Å². The van der Waals surface area contributed by atoms with Crippen molar-refractivity contribution in [1.82, 2.24) is 0 Å². The molecule has 0 saturated heterocycles. The summed E-state index contributed by atoms with van der Waals surface area (Å²) < 4.78 is 0. The standard InChI is InChI=1S/C4H10.CH3/c1-4(2)3;/h4H,1-3H3;1H3. The Balaban J connectivity index is 0. The second kappa shape index (κ2) is 4.00. The van der Waals surface area contributed by atoms with Crippen LogP contribution in [-0.4, -0.2) is 0 Å². The summed E-state index contributed by atoms with van der Waals surface area (Å²) >= 11 is 0. The van der Waals surface area contributed by atoms with Gasteiger partial charge in [0.25, 0.3) is 0 Å². The number of rotatable bonds is 0. The lowest BCUT2D eigenvalue weighted by atomic mass is 10.3. The number of hydrogen-bond acceptors (Lipinski definition) is 0. The molecule has 33 valence electrons. The van der Waals surface area contributed by atoms with E-state index in [1.807, 2.05) is 0 Å². The Kier molecular flexibility index (Phi) is 7.11. The predicted octanol–water partition coefficient (Wildman–Crippen LogP) is 2.11. The minimum absolute atomic E-state index is 0. The van der Waals surface area contributed by atoms with Gasteiger partial charge in [-0.25, -0.2) is 0 Å². The maximum absolute atomic E-state index is 2.17. The second-order valence-corrected chi connectivity index (χ2v) is 1.73. The third kappa shape index (κ3) is 0. The summed E-state index contributed by atoms with van der Waals surface area (Å²) in [5, 5.41) is 0. The summed E-state index contributed by atoms with van der Waals surface area (Å²) in [7, 11) is 0. The van der Waals surface area contributed by atoms with Crippen LogP contribution in [0.3, 0.4) is 0 Å². The van der Waals surface area contributed by atoms with Crippen LogP contribution in [0.1, 0.15) is 20.8 Å². The third-order valence-corrected chi connectivity index (χ3v) is 0. The van der Waals surface area contributed by atoms with Crippen molar-refractivity contribution in [2.45, 2.75) is 20.8 Å². The highest BCUT2D eigenvalue weighted by atomic mass is 13.7. The summed E-state index contributed by atoms with van der Waals surface area (Å²) in [5.41, 5.74) is 0. The minimum Gasteiger partial charge on any atom is -0.0683 e. The highest BCUT2D eigenvalue weighted by Gasteiger charge is 1.68. The van der Waals surface area contributed by atoms with Crippen molar-refractivity contribution in [2.24, 2.45) is 5.92 Å². The van der Waals surface area contributed by atoms with Gasteiger partial charge in [-0.15, -0.1) is 0 Å². The average molecular weight is 73.2 g/mol. The Labute approximate surface area is 35.2 Å². The molecule has 0 atom stereocenters. The highest BCUT2D eigenvalue weighted by Crippen LogP contribution is 1.81. The van der Waals surface area contributed by atoms with E-state index in [2.05, 4.69) is 20.8 Å². The second-order valence-electron chi connectivity index (χ2n) is 1.73. The van der Waals surface area contributed by atoms with Crippen LogP contribution < -0.4 is 0 Å². The molecular weight excluding hydrogens is 60.1 g/mol. The minimum atomic E-state index is 0. The van der Waals surface area contributed by atoms with Crippen molar-refractivity contribution in [3.8, 4) is 0 Å². The molecule has 0 aromatic heterocycles. The molecule has 0 aliphatic rings. The first-order valence-electron chi connectivity index (χ1n) is 1.73. The maximum atomic E-state index is 2.17. The smallest absolute Gasteiger partial charge is 0.0500 e. The van der Waals surface area contributed by atoms with Crippen LogP contribution in [0.5, 0.6) is 0 Å². The van der Waals surface area contributed by atoms with E-state index in [1.54, 1.807) is 0 Å². The molecule has 0 bridgehead atoms. The first-order valence-corrected chi connectivity index (χ1v) is 1.73. The van der Waals surface area contributed by atoms with Gasteiger partial charge < -0.3 is 0 Å². The molecule has 0 heterocycles. The van der Waals surface area contributed by atoms with Gasteiger partial charge in [-0.2, -0.15) is 0 Å². The maximum Gasteiger partial charge on any atom is -0.0500 e. The molecule has 0 unspecified atom stereocenters. The van der Waals surface area contributed by atoms with E-state index in [9.17, 15) is 0 Å². The van der Waals surface area contributed by atoms with Crippen molar-refractivity contribution in [2.75, 3.05) is 0 Å². The van der Waals surface area contributed by atoms with Crippen LogP contribution in [0.2, 0.25) is 0 Å². The summed E-state index contributed by atoms with van der Waals surface area (Å²) in [6, 6.07) is 0. The molecule has 0 aliphatic heterocycles. The quantitative estimate of drug-likeness (QED) is 0.412. The Bertz CT molecular complexity index is 4.75. The largest absolute Gasteiger partial charge is 0.0683 e. The van der Waals surface area contributed by atoms with Gasteiger partial charge in [0.2, 0.25) is 0 Å². The van der Waals surface area contributed by atoms with Gasteiger partial charge in [0.1, 0.15) is 0 Å². The van der Waals surface area contributed by atoms with Crippen LogP contribution in [0, 0.1) is 13.3 Å². The molecule has 0 spiro atoms. The van der Waals surface area contributed by atoms with Crippen LogP contribution >= 0.6 is 0 Å². The normalized spacial score (nSPS) is 7.20. The molecule has 0 amide bonds. The molecule has 1 radical (unpaired) electrons. The molecular formula is C5H13. The highest BCUT2D eigenvalue weighted by molar-refractivity contribution is 4.20. The van der Waals surface area contributed by atoms with E-state index in [4.69, 9.17) is 0 Å². The molecule has 0 nitrogen and oxygen atoms in total. The zero-order valence-electron chi connectivity index (χ0n) is 4.58. The van der Waals surface area contributed by atoms with Crippen molar-refractivity contribution in [3.63, 3.8) is 0 Å². The first kappa shape index (κ1) is 8.89. The fourth-order valence-electron chi connectivity index (χ4n) is 0. The van der Waals surface area contributed by atoms with Gasteiger partial charge in [0, 0.05) is 0 Å². The first-order chi connectivity index (χ1) is 1.73. The van der Waals surface area contributed by atoms with Crippen LogP contribution in [-0.2, 0) is 0 Å². The molecule has 5 heavy (non-hydrogen) atoms. The van der Waals surface area contributed by atoms with Crippen LogP contribution in [0.15, 0.2) is 0 Å². The average Bonchev–Trinajstić information content (AvgIpc) is 0.811. The van der Waals surface area contributed by atoms with Gasteiger partial charge in [0.05, 0.1) is 0 Å². The Hall–Kier alpha value is 0. The van der Waals surface area contributed by atoms with Gasteiger partial charge in [0.15, 0.2) is 0 Å². The third-order valence-electron chi connectivity index (χ3n) is 0. The van der Waals surface area contributed by atoms with E-state index < -0.39 is 0 Å². The topological polar surface area (TPSA) is 0 Å². The van der Waals surface area contributed by atoms with Crippen molar-refractivity contribution in [1.29, 1.82) is 0 Å². The van der Waals surface area contributed by atoms with E-state index in [1.165, 1.54) is 0 Å². The van der Waals surface area contributed by atoms with Crippen molar-refractivity contribution < 1.29 is 0 Å². The molecule has 0 rings (SSSR count). The zero-order chi connectivity index (χ0) is 3.58. The fourth-order valence-corrected chi connectivity index (χ4v) is 0. The summed E-state index contributed by atoms with van der Waals surface area (Å²) in [4.78, 5) is 0. The zero-order valence-corrected chi connectivity index (χ0v) is 4.58. The van der Waals surface area contributed by atoms with Gasteiger partial charge in [-0.1, -0.05) is 28.2 Å². The van der Waals surface area contributed by atoms with E-state index in [-0.39, 0.29) is 7.43 Å². The lowest BCUT2D eigenvalue weighted by Gasteiger charge is -1.79. The monoisotopic (exact) mass is 73.1 g/mol. The van der Waals surface area contributed by atoms with Gasteiger partial charge >= 0.3 is 0 Å². The molecule has 0 fully saturated rings. The SMILES string of the molecule is CC(C)C.[CH3]. The molecule has 0 aromatic rings. The molecule has 0 saturated carbocycles. The predicted molar refractivity (Wildman–Crippen MR) is 26.9 cm³/mol. The summed E-state index contributed by atoms with van der Waals surface area (Å²) in [5.74, 6) is 0.833. The van der Waals surface area contributed by atoms with E-state index >= 15 is 0 Å². The fraction of sp³-hybridized carbons (Fsp3) is 0.800. The Morgan fingerprint density at radius 1 is 1.00 bits per heavy atom. The van der Waals surface area contributed by atoms with E-state index in [0.29, 0.717) is 0 Å². The van der Waals surface area contributed by atoms with Crippen molar-refractivity contribution >= 4 is 0 Å². The van der Waals surface area contributed by atoms with Crippen molar-refractivity contribution in [3.05, 3.63) is 7.43 Å².